The number of thiazole rings is 1. The Morgan fingerprint density at radius 3 is 2.70 bits per heavy atom. The van der Waals surface area contributed by atoms with Crippen LogP contribution in [-0.4, -0.2) is 22.8 Å². The number of fused-ring (bicyclic) bond motifs is 4. The molecule has 0 N–H and O–H groups in total. The third-order valence-electron chi connectivity index (χ3n) is 6.43. The second-order valence-electron chi connectivity index (χ2n) is 8.75. The van der Waals surface area contributed by atoms with Crippen molar-refractivity contribution in [1.82, 2.24) is 9.38 Å². The number of aryl methyl sites for hydroxylation is 2. The quantitative estimate of drug-likeness (QED) is 0.289. The minimum atomic E-state index is -0.0820. The van der Waals surface area contributed by atoms with Crippen molar-refractivity contribution in [2.75, 3.05) is 13.4 Å². The first-order valence-electron chi connectivity index (χ1n) is 11.8. The summed E-state index contributed by atoms with van der Waals surface area (Å²) in [5, 5.41) is 0.538. The molecule has 7 nitrogen and oxygen atoms in total. The van der Waals surface area contributed by atoms with Gasteiger partial charge in [-0.2, -0.15) is 0 Å². The zero-order valence-electron chi connectivity index (χ0n) is 20.5. The summed E-state index contributed by atoms with van der Waals surface area (Å²) in [7, 11) is 0. The summed E-state index contributed by atoms with van der Waals surface area (Å²) < 4.78 is 25.0. The van der Waals surface area contributed by atoms with Crippen molar-refractivity contribution in [3.63, 3.8) is 0 Å². The molecule has 37 heavy (non-hydrogen) atoms. The lowest BCUT2D eigenvalue weighted by atomic mass is 10.1. The zero-order chi connectivity index (χ0) is 25.7. The van der Waals surface area contributed by atoms with Gasteiger partial charge in [0.05, 0.1) is 27.2 Å². The molecular weight excluding hydrogens is 512 g/mol. The Hall–Kier alpha value is -3.75. The molecule has 3 aromatic carbocycles. The maximum Gasteiger partial charge on any atom is 0.274 e. The summed E-state index contributed by atoms with van der Waals surface area (Å²) in [6, 6.07) is 13.1. The summed E-state index contributed by atoms with van der Waals surface area (Å²) >= 11 is 7.77. The molecule has 5 aromatic rings. The second-order valence-corrected chi connectivity index (χ2v) is 10.2. The van der Waals surface area contributed by atoms with Gasteiger partial charge in [-0.1, -0.05) is 35.1 Å². The van der Waals surface area contributed by atoms with E-state index in [1.807, 2.05) is 63.2 Å². The Balaban J connectivity index is 1.32. The van der Waals surface area contributed by atoms with Gasteiger partial charge in [0.15, 0.2) is 28.0 Å². The lowest BCUT2D eigenvalue weighted by Crippen LogP contribution is -2.22. The molecule has 188 valence electrons. The fourth-order valence-corrected chi connectivity index (χ4v) is 5.53. The fourth-order valence-electron chi connectivity index (χ4n) is 4.34. The molecule has 0 spiro atoms. The molecular formula is C28H23ClN2O5S. The largest absolute Gasteiger partial charge is 0.490 e. The molecule has 0 saturated heterocycles. The summed E-state index contributed by atoms with van der Waals surface area (Å²) in [6.07, 6.45) is 1.86. The Kier molecular flexibility index (Phi) is 5.93. The molecule has 0 radical (unpaired) electrons. The molecule has 0 fully saturated rings. The van der Waals surface area contributed by atoms with Crippen LogP contribution in [0.15, 0.2) is 47.3 Å². The molecule has 3 heterocycles. The highest BCUT2D eigenvalue weighted by molar-refractivity contribution is 7.15. The number of aromatic nitrogens is 2. The van der Waals surface area contributed by atoms with Crippen molar-refractivity contribution in [3.8, 4) is 23.0 Å². The highest BCUT2D eigenvalue weighted by Crippen LogP contribution is 2.38. The Morgan fingerprint density at radius 1 is 1.08 bits per heavy atom. The minimum absolute atomic E-state index is 0.0820. The normalized spacial score (nSPS) is 13.1. The van der Waals surface area contributed by atoms with E-state index < -0.39 is 0 Å². The first-order valence-corrected chi connectivity index (χ1v) is 13.0. The number of ether oxygens (including phenoxy) is 4. The average molecular weight is 535 g/mol. The van der Waals surface area contributed by atoms with Crippen molar-refractivity contribution < 1.29 is 18.9 Å². The van der Waals surface area contributed by atoms with Crippen molar-refractivity contribution in [2.24, 2.45) is 0 Å². The van der Waals surface area contributed by atoms with Crippen LogP contribution >= 0.6 is 22.9 Å². The summed E-state index contributed by atoms with van der Waals surface area (Å²) in [6.45, 7) is 6.87. The van der Waals surface area contributed by atoms with Crippen molar-refractivity contribution in [2.45, 2.75) is 27.4 Å². The molecule has 0 atom stereocenters. The number of benzene rings is 3. The molecule has 0 saturated carbocycles. The Morgan fingerprint density at radius 2 is 1.89 bits per heavy atom. The van der Waals surface area contributed by atoms with Gasteiger partial charge in [-0.05, 0) is 67.8 Å². The molecule has 2 aromatic heterocycles. The Bertz CT molecular complexity index is 1790. The molecule has 1 aliphatic rings. The average Bonchev–Trinajstić information content (AvgIpc) is 3.56. The van der Waals surface area contributed by atoms with Gasteiger partial charge in [0.25, 0.3) is 5.56 Å². The zero-order valence-corrected chi connectivity index (χ0v) is 22.0. The number of hydrogen-bond donors (Lipinski definition) is 0. The van der Waals surface area contributed by atoms with Crippen LogP contribution in [0.2, 0.25) is 5.02 Å². The van der Waals surface area contributed by atoms with E-state index in [0.29, 0.717) is 44.1 Å². The molecule has 0 amide bonds. The van der Waals surface area contributed by atoms with E-state index in [0.717, 1.165) is 33.3 Å². The maximum absolute atomic E-state index is 13.3. The third-order valence-corrected chi connectivity index (χ3v) is 7.75. The number of rotatable bonds is 6. The van der Waals surface area contributed by atoms with Crippen LogP contribution in [0.5, 0.6) is 23.0 Å². The van der Waals surface area contributed by atoms with Gasteiger partial charge >= 0.3 is 0 Å². The van der Waals surface area contributed by atoms with Crippen molar-refractivity contribution in [1.29, 1.82) is 0 Å². The molecule has 0 unspecified atom stereocenters. The van der Waals surface area contributed by atoms with Crippen LogP contribution in [0.1, 0.15) is 29.2 Å². The highest BCUT2D eigenvalue weighted by atomic mass is 35.5. The van der Waals surface area contributed by atoms with Gasteiger partial charge in [0, 0.05) is 11.6 Å². The first-order chi connectivity index (χ1) is 17.9. The van der Waals surface area contributed by atoms with E-state index in [9.17, 15) is 4.79 Å². The van der Waals surface area contributed by atoms with E-state index >= 15 is 0 Å². The van der Waals surface area contributed by atoms with Crippen LogP contribution in [0.4, 0.5) is 0 Å². The van der Waals surface area contributed by atoms with Crippen molar-refractivity contribution >= 4 is 45.0 Å². The second kappa shape index (κ2) is 9.28. The van der Waals surface area contributed by atoms with E-state index in [2.05, 4.69) is 0 Å². The van der Waals surface area contributed by atoms with E-state index in [1.165, 1.54) is 11.3 Å². The monoisotopic (exact) mass is 534 g/mol. The fraction of sp³-hybridized carbons (Fsp3) is 0.214. The molecule has 6 rings (SSSR count). The third kappa shape index (κ3) is 4.16. The lowest BCUT2D eigenvalue weighted by molar-refractivity contribution is 0.174. The van der Waals surface area contributed by atoms with Crippen LogP contribution < -0.4 is 29.0 Å². The number of halogens is 1. The SMILES string of the molecule is CCOc1cc(/C=c2\sc3nc4c(C)c(C)ccc4n3c2=O)ccc1OCc1cc2c(cc1Cl)OCO2. The Labute approximate surface area is 221 Å². The van der Waals surface area contributed by atoms with Gasteiger partial charge < -0.3 is 18.9 Å². The molecule has 1 aliphatic heterocycles. The molecule has 0 bridgehead atoms. The van der Waals surface area contributed by atoms with Gasteiger partial charge in [0.1, 0.15) is 6.61 Å². The van der Waals surface area contributed by atoms with E-state index in [1.54, 1.807) is 10.5 Å². The van der Waals surface area contributed by atoms with Crippen molar-refractivity contribution in [3.05, 3.63) is 84.6 Å². The van der Waals surface area contributed by atoms with Gasteiger partial charge in [0.2, 0.25) is 6.79 Å². The highest BCUT2D eigenvalue weighted by Gasteiger charge is 2.18. The van der Waals surface area contributed by atoms with Crippen LogP contribution in [0.3, 0.4) is 0 Å². The number of imidazole rings is 1. The van der Waals surface area contributed by atoms with E-state index in [4.69, 9.17) is 35.5 Å². The smallest absolute Gasteiger partial charge is 0.274 e. The summed E-state index contributed by atoms with van der Waals surface area (Å²) in [4.78, 5) is 18.7. The van der Waals surface area contributed by atoms with Gasteiger partial charge in [-0.15, -0.1) is 0 Å². The number of hydrogen-bond acceptors (Lipinski definition) is 7. The van der Waals surface area contributed by atoms with Crippen LogP contribution in [0.25, 0.3) is 22.1 Å². The standard InChI is InChI=1S/C28H23ClN2O5S/c1-4-33-22-9-17(6-8-21(22)34-13-18-11-23-24(12-19(18)29)36-14-35-23)10-25-27(32)31-20-7-5-15(2)16(3)26(20)30-28(31)37-25/h5-12H,4,13-14H2,1-3H3/b25-10-. The first kappa shape index (κ1) is 23.6. The van der Waals surface area contributed by atoms with E-state index in [-0.39, 0.29) is 19.0 Å². The van der Waals surface area contributed by atoms with Crippen LogP contribution in [-0.2, 0) is 6.61 Å². The summed E-state index contributed by atoms with van der Waals surface area (Å²) in [5.41, 5.74) is 5.48. The van der Waals surface area contributed by atoms with Gasteiger partial charge in [-0.25, -0.2) is 9.38 Å². The predicted octanol–water partition coefficient (Wildman–Crippen LogP) is 5.43. The molecule has 9 heteroatoms. The topological polar surface area (TPSA) is 71.3 Å². The lowest BCUT2D eigenvalue weighted by Gasteiger charge is -2.13. The van der Waals surface area contributed by atoms with Gasteiger partial charge in [-0.3, -0.25) is 4.79 Å². The predicted molar refractivity (Wildman–Crippen MR) is 145 cm³/mol. The minimum Gasteiger partial charge on any atom is -0.490 e. The maximum atomic E-state index is 13.3. The van der Waals surface area contributed by atoms with Crippen LogP contribution in [0, 0.1) is 13.8 Å². The number of nitrogens with zero attached hydrogens (tertiary/aromatic N) is 2. The molecule has 0 aliphatic carbocycles. The summed E-state index contributed by atoms with van der Waals surface area (Å²) in [5.74, 6) is 2.43.